The molecule has 146 valence electrons. The van der Waals surface area contributed by atoms with Gasteiger partial charge in [0.15, 0.2) is 0 Å². The van der Waals surface area contributed by atoms with Gasteiger partial charge in [-0.3, -0.25) is 0 Å². The molecule has 0 saturated heterocycles. The summed E-state index contributed by atoms with van der Waals surface area (Å²) < 4.78 is 30.8. The highest BCUT2D eigenvalue weighted by molar-refractivity contribution is 5.99. The standard InChI is InChI=1S/C21H16F2N4O2/c22-20(23)29-17-5-3-4-16(12-17)25-21(28)24-15-9-7-14(8-10-15)18-13-27-11-2-1-6-19(27)26-18/h1-13,20H,(H2,24,25,28). The molecule has 2 N–H and O–H groups in total. The molecule has 0 radical (unpaired) electrons. The van der Waals surface area contributed by atoms with Crippen molar-refractivity contribution in [2.45, 2.75) is 6.61 Å². The van der Waals surface area contributed by atoms with E-state index in [9.17, 15) is 13.6 Å². The number of nitrogens with zero attached hydrogens (tertiary/aromatic N) is 2. The number of benzene rings is 2. The van der Waals surface area contributed by atoms with Crippen LogP contribution >= 0.6 is 0 Å². The molecule has 0 saturated carbocycles. The van der Waals surface area contributed by atoms with Crippen molar-refractivity contribution < 1.29 is 18.3 Å². The molecule has 4 rings (SSSR count). The average Bonchev–Trinajstić information content (AvgIpc) is 3.12. The van der Waals surface area contributed by atoms with Gasteiger partial charge in [-0.2, -0.15) is 8.78 Å². The van der Waals surface area contributed by atoms with Crippen LogP contribution in [-0.2, 0) is 0 Å². The molecule has 0 aliphatic carbocycles. The highest BCUT2D eigenvalue weighted by Crippen LogP contribution is 2.22. The van der Waals surface area contributed by atoms with E-state index in [-0.39, 0.29) is 5.75 Å². The number of nitrogens with one attached hydrogen (secondary N) is 2. The lowest BCUT2D eigenvalue weighted by atomic mass is 10.1. The first-order valence-corrected chi connectivity index (χ1v) is 8.74. The minimum atomic E-state index is -2.93. The number of carbonyl (C=O) groups is 1. The number of fused-ring (bicyclic) bond motifs is 1. The molecule has 2 aromatic carbocycles. The van der Waals surface area contributed by atoms with Crippen molar-refractivity contribution in [3.63, 3.8) is 0 Å². The lowest BCUT2D eigenvalue weighted by molar-refractivity contribution is -0.0497. The van der Waals surface area contributed by atoms with Crippen LogP contribution in [0.2, 0.25) is 0 Å². The third-order valence-corrected chi connectivity index (χ3v) is 4.12. The van der Waals surface area contributed by atoms with E-state index >= 15 is 0 Å². The Morgan fingerprint density at radius 3 is 2.52 bits per heavy atom. The molecule has 8 heteroatoms. The first-order valence-electron chi connectivity index (χ1n) is 8.74. The number of rotatable bonds is 5. The Bertz CT molecular complexity index is 1110. The molecule has 6 nitrogen and oxygen atoms in total. The number of carbonyl (C=O) groups excluding carboxylic acids is 1. The van der Waals surface area contributed by atoms with E-state index in [1.54, 1.807) is 18.2 Å². The normalized spacial score (nSPS) is 10.9. The summed E-state index contributed by atoms with van der Waals surface area (Å²) in [5.41, 5.74) is 3.50. The summed E-state index contributed by atoms with van der Waals surface area (Å²) in [6.07, 6.45) is 3.85. The number of pyridine rings is 1. The predicted molar refractivity (Wildman–Crippen MR) is 106 cm³/mol. The Balaban J connectivity index is 1.41. The minimum absolute atomic E-state index is 0.0328. The predicted octanol–water partition coefficient (Wildman–Crippen LogP) is 5.25. The van der Waals surface area contributed by atoms with Gasteiger partial charge in [-0.05, 0) is 36.4 Å². The maximum Gasteiger partial charge on any atom is 0.387 e. The molecule has 4 aromatic rings. The zero-order valence-electron chi connectivity index (χ0n) is 15.0. The molecule has 0 atom stereocenters. The number of hydrogen-bond donors (Lipinski definition) is 2. The molecule has 0 unspecified atom stereocenters. The van der Waals surface area contributed by atoms with E-state index in [0.29, 0.717) is 11.4 Å². The second kappa shape index (κ2) is 7.97. The number of amides is 2. The first kappa shape index (κ1) is 18.4. The second-order valence-electron chi connectivity index (χ2n) is 6.16. The minimum Gasteiger partial charge on any atom is -0.435 e. The van der Waals surface area contributed by atoms with Crippen molar-refractivity contribution in [1.82, 2.24) is 9.38 Å². The van der Waals surface area contributed by atoms with Crippen LogP contribution in [0.3, 0.4) is 0 Å². The molecule has 29 heavy (non-hydrogen) atoms. The van der Waals surface area contributed by atoms with Crippen LogP contribution in [0.1, 0.15) is 0 Å². The van der Waals surface area contributed by atoms with Crippen molar-refractivity contribution in [2.75, 3.05) is 10.6 Å². The highest BCUT2D eigenvalue weighted by atomic mass is 19.3. The summed E-state index contributed by atoms with van der Waals surface area (Å²) in [4.78, 5) is 16.7. The van der Waals surface area contributed by atoms with Gasteiger partial charge >= 0.3 is 12.6 Å². The van der Waals surface area contributed by atoms with Crippen LogP contribution in [0.25, 0.3) is 16.9 Å². The van der Waals surface area contributed by atoms with Crippen LogP contribution < -0.4 is 15.4 Å². The number of halogens is 2. The molecule has 0 aliphatic heterocycles. The van der Waals surface area contributed by atoms with E-state index in [0.717, 1.165) is 16.9 Å². The van der Waals surface area contributed by atoms with Gasteiger partial charge in [0, 0.05) is 35.4 Å². The van der Waals surface area contributed by atoms with E-state index < -0.39 is 12.6 Å². The van der Waals surface area contributed by atoms with E-state index in [4.69, 9.17) is 0 Å². The number of hydrogen-bond acceptors (Lipinski definition) is 3. The topological polar surface area (TPSA) is 67.7 Å². The Kier molecular flexibility index (Phi) is 5.07. The third-order valence-electron chi connectivity index (χ3n) is 4.12. The molecule has 2 heterocycles. The molecular weight excluding hydrogens is 378 g/mol. The Labute approximate surface area is 164 Å². The van der Waals surface area contributed by atoms with Crippen LogP contribution in [0.4, 0.5) is 25.0 Å². The Morgan fingerprint density at radius 2 is 1.76 bits per heavy atom. The summed E-state index contributed by atoms with van der Waals surface area (Å²) >= 11 is 0. The molecular formula is C21H16F2N4O2. The number of anilines is 2. The zero-order chi connectivity index (χ0) is 20.2. The number of aromatic nitrogens is 2. The lowest BCUT2D eigenvalue weighted by Gasteiger charge is -2.10. The molecule has 0 spiro atoms. The third kappa shape index (κ3) is 4.49. The quantitative estimate of drug-likeness (QED) is 0.486. The van der Waals surface area contributed by atoms with Gasteiger partial charge < -0.3 is 19.8 Å². The monoisotopic (exact) mass is 394 g/mol. The summed E-state index contributed by atoms with van der Waals surface area (Å²) in [5.74, 6) is -0.0328. The Hall–Kier alpha value is -3.94. The van der Waals surface area contributed by atoms with Crippen LogP contribution in [0, 0.1) is 0 Å². The highest BCUT2D eigenvalue weighted by Gasteiger charge is 2.08. The fourth-order valence-electron chi connectivity index (χ4n) is 2.84. The van der Waals surface area contributed by atoms with Gasteiger partial charge in [0.25, 0.3) is 0 Å². The van der Waals surface area contributed by atoms with Crippen molar-refractivity contribution in [2.24, 2.45) is 0 Å². The molecule has 2 aromatic heterocycles. The zero-order valence-corrected chi connectivity index (χ0v) is 15.0. The first-order chi connectivity index (χ1) is 14.1. The maximum absolute atomic E-state index is 12.3. The molecule has 0 bridgehead atoms. The van der Waals surface area contributed by atoms with Gasteiger partial charge in [-0.25, -0.2) is 9.78 Å². The Morgan fingerprint density at radius 1 is 0.966 bits per heavy atom. The lowest BCUT2D eigenvalue weighted by Crippen LogP contribution is -2.19. The largest absolute Gasteiger partial charge is 0.435 e. The number of ether oxygens (including phenoxy) is 1. The maximum atomic E-state index is 12.3. The van der Waals surface area contributed by atoms with Gasteiger partial charge in [0.1, 0.15) is 11.4 Å². The number of alkyl halides is 2. The van der Waals surface area contributed by atoms with Gasteiger partial charge in [-0.15, -0.1) is 0 Å². The summed E-state index contributed by atoms with van der Waals surface area (Å²) in [7, 11) is 0. The summed E-state index contributed by atoms with van der Waals surface area (Å²) in [6, 6.07) is 18.3. The molecule has 0 aliphatic rings. The average molecular weight is 394 g/mol. The van der Waals surface area contributed by atoms with Crippen molar-refractivity contribution in [3.05, 3.63) is 79.1 Å². The summed E-state index contributed by atoms with van der Waals surface area (Å²) in [5, 5.41) is 5.27. The fourth-order valence-corrected chi connectivity index (χ4v) is 2.84. The summed E-state index contributed by atoms with van der Waals surface area (Å²) in [6.45, 7) is -2.93. The van der Waals surface area contributed by atoms with Crippen LogP contribution in [-0.4, -0.2) is 22.0 Å². The number of imidazole rings is 1. The number of urea groups is 1. The van der Waals surface area contributed by atoms with E-state index in [1.807, 2.05) is 47.1 Å². The van der Waals surface area contributed by atoms with Crippen LogP contribution in [0.5, 0.6) is 5.75 Å². The van der Waals surface area contributed by atoms with Crippen LogP contribution in [0.15, 0.2) is 79.1 Å². The van der Waals surface area contributed by atoms with Gasteiger partial charge in [-0.1, -0.05) is 24.3 Å². The smallest absolute Gasteiger partial charge is 0.387 e. The van der Waals surface area contributed by atoms with Crippen molar-refractivity contribution >= 4 is 23.1 Å². The fraction of sp³-hybridized carbons (Fsp3) is 0.0476. The second-order valence-corrected chi connectivity index (χ2v) is 6.16. The molecule has 2 amide bonds. The van der Waals surface area contributed by atoms with Gasteiger partial charge in [0.05, 0.1) is 5.69 Å². The SMILES string of the molecule is O=C(Nc1ccc(-c2cn3ccccc3n2)cc1)Nc1cccc(OC(F)F)c1. The van der Waals surface area contributed by atoms with E-state index in [1.165, 1.54) is 18.2 Å². The van der Waals surface area contributed by atoms with E-state index in [2.05, 4.69) is 20.4 Å². The van der Waals surface area contributed by atoms with Gasteiger partial charge in [0.2, 0.25) is 0 Å². The van der Waals surface area contributed by atoms with Crippen molar-refractivity contribution in [3.8, 4) is 17.0 Å². The van der Waals surface area contributed by atoms with Crippen molar-refractivity contribution in [1.29, 1.82) is 0 Å². The molecule has 0 fully saturated rings.